The Hall–Kier alpha value is -2.31. The van der Waals surface area contributed by atoms with E-state index in [0.717, 1.165) is 52.4 Å². The zero-order chi connectivity index (χ0) is 22.4. The highest BCUT2D eigenvalue weighted by atomic mass is 79.9. The molecule has 2 aromatic carbocycles. The summed E-state index contributed by atoms with van der Waals surface area (Å²) in [6, 6.07) is 6.55. The molecule has 0 bridgehead atoms. The highest BCUT2D eigenvalue weighted by Crippen LogP contribution is 2.44. The lowest BCUT2D eigenvalue weighted by atomic mass is 10.0. The first kappa shape index (κ1) is 21.5. The van der Waals surface area contributed by atoms with Gasteiger partial charge in [0.15, 0.2) is 5.75 Å². The van der Waals surface area contributed by atoms with Crippen LogP contribution in [0.15, 0.2) is 39.8 Å². The van der Waals surface area contributed by atoms with Gasteiger partial charge < -0.3 is 19.5 Å². The second kappa shape index (κ2) is 8.56. The van der Waals surface area contributed by atoms with Crippen molar-refractivity contribution in [2.75, 3.05) is 31.6 Å². The fraction of sp³-hybridized carbons (Fsp3) is 0.308. The Kier molecular flexibility index (Phi) is 5.76. The normalized spacial score (nSPS) is 14.8. The largest absolute Gasteiger partial charge is 0.488 e. The third-order valence-corrected chi connectivity index (χ3v) is 7.57. The van der Waals surface area contributed by atoms with Crippen molar-refractivity contribution in [1.82, 2.24) is 9.88 Å². The molecule has 0 unspecified atom stereocenters. The Morgan fingerprint density at radius 1 is 1.22 bits per heavy atom. The van der Waals surface area contributed by atoms with E-state index in [4.69, 9.17) is 4.74 Å². The molecule has 166 valence electrons. The Morgan fingerprint density at radius 3 is 2.91 bits per heavy atom. The van der Waals surface area contributed by atoms with Crippen molar-refractivity contribution < 1.29 is 4.74 Å². The van der Waals surface area contributed by atoms with Gasteiger partial charge in [0.05, 0.1) is 22.2 Å². The van der Waals surface area contributed by atoms with Gasteiger partial charge in [-0.15, -0.1) is 12.6 Å². The Bertz CT molecular complexity index is 1270. The van der Waals surface area contributed by atoms with Gasteiger partial charge in [-0.25, -0.2) is 0 Å². The fourth-order valence-electron chi connectivity index (χ4n) is 4.88. The zero-order valence-corrected chi connectivity index (χ0v) is 21.2. The molecular weight excluding hydrogens is 482 g/mol. The average Bonchev–Trinajstić information content (AvgIpc) is 2.90. The van der Waals surface area contributed by atoms with Crippen molar-refractivity contribution in [3.05, 3.63) is 62.9 Å². The average molecular weight is 511 g/mol. The van der Waals surface area contributed by atoms with E-state index >= 15 is 0 Å². The zero-order valence-electron chi connectivity index (χ0n) is 18.7. The van der Waals surface area contributed by atoms with Gasteiger partial charge in [-0.3, -0.25) is 0 Å². The van der Waals surface area contributed by atoms with Crippen LogP contribution in [0.5, 0.6) is 5.75 Å². The lowest BCUT2D eigenvalue weighted by Crippen LogP contribution is -2.22. The van der Waals surface area contributed by atoms with Gasteiger partial charge >= 0.3 is 0 Å². The van der Waals surface area contributed by atoms with E-state index in [0.29, 0.717) is 6.61 Å². The van der Waals surface area contributed by atoms with Crippen LogP contribution >= 0.6 is 28.6 Å². The van der Waals surface area contributed by atoms with Crippen molar-refractivity contribution in [2.45, 2.75) is 31.7 Å². The SMILES string of the molecule is Cc1ccc2c3c(n(CCOc4c(Br)cc(S)c5c4N(C)CC=C5)c2c1C)C=CNCC3. The summed E-state index contributed by atoms with van der Waals surface area (Å²) in [6.07, 6.45) is 9.61. The highest BCUT2D eigenvalue weighted by Gasteiger charge is 2.22. The number of thiol groups is 1. The number of fused-ring (bicyclic) bond motifs is 4. The number of halogens is 1. The van der Waals surface area contributed by atoms with Crippen LogP contribution in [0.2, 0.25) is 0 Å². The Labute approximate surface area is 203 Å². The maximum atomic E-state index is 6.46. The Balaban J connectivity index is 1.52. The number of hydrogen-bond acceptors (Lipinski definition) is 4. The summed E-state index contributed by atoms with van der Waals surface area (Å²) in [5.41, 5.74) is 8.92. The number of anilines is 1. The van der Waals surface area contributed by atoms with Crippen LogP contribution in [0.3, 0.4) is 0 Å². The van der Waals surface area contributed by atoms with Gasteiger partial charge in [-0.1, -0.05) is 24.3 Å². The molecule has 0 amide bonds. The first-order valence-corrected chi connectivity index (χ1v) is 12.3. The van der Waals surface area contributed by atoms with E-state index in [2.05, 4.69) is 101 Å². The van der Waals surface area contributed by atoms with Crippen molar-refractivity contribution in [1.29, 1.82) is 0 Å². The van der Waals surface area contributed by atoms with Crippen LogP contribution in [0.4, 0.5) is 5.69 Å². The van der Waals surface area contributed by atoms with E-state index < -0.39 is 0 Å². The summed E-state index contributed by atoms with van der Waals surface area (Å²) in [5.74, 6) is 0.886. The molecule has 2 aliphatic rings. The van der Waals surface area contributed by atoms with Crippen LogP contribution < -0.4 is 15.0 Å². The number of ether oxygens (including phenoxy) is 1. The Morgan fingerprint density at radius 2 is 2.06 bits per heavy atom. The second-order valence-corrected chi connectivity index (χ2v) is 9.89. The van der Waals surface area contributed by atoms with E-state index in [9.17, 15) is 0 Å². The molecule has 0 aliphatic carbocycles. The smallest absolute Gasteiger partial charge is 0.157 e. The molecule has 0 saturated carbocycles. The number of hydrogen-bond donors (Lipinski definition) is 2. The molecule has 2 aliphatic heterocycles. The molecular formula is C26H28BrN3OS. The molecule has 32 heavy (non-hydrogen) atoms. The molecule has 0 radical (unpaired) electrons. The van der Waals surface area contributed by atoms with Gasteiger partial charge in [-0.05, 0) is 71.2 Å². The fourth-order valence-corrected chi connectivity index (χ4v) is 5.89. The minimum atomic E-state index is 0.583. The maximum Gasteiger partial charge on any atom is 0.157 e. The van der Waals surface area contributed by atoms with Gasteiger partial charge in [0.1, 0.15) is 6.61 Å². The van der Waals surface area contributed by atoms with Crippen LogP contribution in [0, 0.1) is 13.8 Å². The lowest BCUT2D eigenvalue weighted by molar-refractivity contribution is 0.298. The summed E-state index contributed by atoms with van der Waals surface area (Å²) in [7, 11) is 2.10. The number of nitrogens with zero attached hydrogens (tertiary/aromatic N) is 2. The van der Waals surface area contributed by atoms with E-state index in [1.54, 1.807) is 0 Å². The number of rotatable bonds is 4. The van der Waals surface area contributed by atoms with Crippen LogP contribution in [-0.4, -0.2) is 31.3 Å². The minimum Gasteiger partial charge on any atom is -0.488 e. The highest BCUT2D eigenvalue weighted by molar-refractivity contribution is 9.10. The molecule has 1 aromatic heterocycles. The summed E-state index contributed by atoms with van der Waals surface area (Å²) in [5, 5.41) is 4.74. The molecule has 0 atom stereocenters. The second-order valence-electron chi connectivity index (χ2n) is 8.56. The number of aryl methyl sites for hydroxylation is 2. The third kappa shape index (κ3) is 3.54. The van der Waals surface area contributed by atoms with E-state index in [1.165, 1.54) is 33.3 Å². The molecule has 0 fully saturated rings. The number of benzene rings is 2. The van der Waals surface area contributed by atoms with Crippen LogP contribution in [0.25, 0.3) is 23.1 Å². The van der Waals surface area contributed by atoms with Crippen LogP contribution in [0.1, 0.15) is 27.9 Å². The first-order chi connectivity index (χ1) is 15.5. The summed E-state index contributed by atoms with van der Waals surface area (Å²) in [4.78, 5) is 3.17. The molecule has 3 aromatic rings. The molecule has 5 rings (SSSR count). The number of aromatic nitrogens is 1. The topological polar surface area (TPSA) is 29.4 Å². The monoisotopic (exact) mass is 509 g/mol. The van der Waals surface area contributed by atoms with Crippen molar-refractivity contribution in [3.8, 4) is 5.75 Å². The number of likely N-dealkylation sites (N-methyl/N-ethyl adjacent to an activating group) is 1. The van der Waals surface area contributed by atoms with E-state index in [1.807, 2.05) is 6.07 Å². The lowest BCUT2D eigenvalue weighted by Gasteiger charge is -2.28. The minimum absolute atomic E-state index is 0.583. The maximum absolute atomic E-state index is 6.46. The molecule has 6 heteroatoms. The summed E-state index contributed by atoms with van der Waals surface area (Å²) in [6.45, 7) is 7.61. The standard InChI is InChI=1S/C26H28BrN3OS/c1-16-6-7-19-18-8-10-28-11-9-22(18)30(24(19)17(16)2)13-14-31-26-21(27)15-23(32)20-5-4-12-29(3)25(20)26/h4-7,9,11,15,28,32H,8,10,12-14H2,1-3H3. The summed E-state index contributed by atoms with van der Waals surface area (Å²) >= 11 is 8.39. The van der Waals surface area contributed by atoms with Gasteiger partial charge in [-0.2, -0.15) is 0 Å². The van der Waals surface area contributed by atoms with Crippen molar-refractivity contribution in [2.24, 2.45) is 0 Å². The van der Waals surface area contributed by atoms with Crippen molar-refractivity contribution in [3.63, 3.8) is 0 Å². The van der Waals surface area contributed by atoms with Crippen molar-refractivity contribution >= 4 is 57.3 Å². The quantitative estimate of drug-likeness (QED) is 0.424. The molecule has 1 N–H and O–H groups in total. The van der Waals surface area contributed by atoms with Gasteiger partial charge in [0.25, 0.3) is 0 Å². The van der Waals surface area contributed by atoms with Crippen LogP contribution in [-0.2, 0) is 13.0 Å². The predicted molar refractivity (Wildman–Crippen MR) is 141 cm³/mol. The molecule has 4 nitrogen and oxygen atoms in total. The number of nitrogens with one attached hydrogen (secondary N) is 1. The molecule has 0 spiro atoms. The summed E-state index contributed by atoms with van der Waals surface area (Å²) < 4.78 is 9.84. The molecule has 0 saturated heterocycles. The first-order valence-electron chi connectivity index (χ1n) is 11.0. The predicted octanol–water partition coefficient (Wildman–Crippen LogP) is 5.97. The van der Waals surface area contributed by atoms with Gasteiger partial charge in [0.2, 0.25) is 0 Å². The third-order valence-electron chi connectivity index (χ3n) is 6.61. The van der Waals surface area contributed by atoms with Gasteiger partial charge in [0, 0.05) is 41.7 Å². The molecule has 3 heterocycles. The van der Waals surface area contributed by atoms with E-state index in [-0.39, 0.29) is 0 Å².